The first-order chi connectivity index (χ1) is 9.49. The molecule has 3 N–H and O–H groups in total. The van der Waals surface area contributed by atoms with E-state index in [1.165, 1.54) is 6.07 Å². The zero-order valence-electron chi connectivity index (χ0n) is 11.3. The van der Waals surface area contributed by atoms with Crippen LogP contribution in [0, 0.1) is 6.92 Å². The van der Waals surface area contributed by atoms with E-state index in [-0.39, 0.29) is 17.4 Å². The van der Waals surface area contributed by atoms with Crippen LogP contribution in [-0.2, 0) is 0 Å². The minimum atomic E-state index is -1.05. The van der Waals surface area contributed by atoms with E-state index >= 15 is 0 Å². The fourth-order valence-electron chi connectivity index (χ4n) is 2.70. The van der Waals surface area contributed by atoms with Crippen molar-refractivity contribution >= 4 is 17.7 Å². The topological polar surface area (TPSA) is 69.6 Å². The maximum Gasteiger partial charge on any atom is 0.337 e. The largest absolute Gasteiger partial charge is 0.508 e. The highest BCUT2D eigenvalue weighted by Gasteiger charge is 2.27. The number of nitrogens with one attached hydrogen (secondary N) is 1. The van der Waals surface area contributed by atoms with Crippen LogP contribution in [0.4, 0.5) is 5.69 Å². The standard InChI is InChI=1S/C16H15NO3/c1-8-4-3-5-10-6-11-9(2)13(18)7-12(16(19)20)15(11)17-14(8)10/h3-7,14,17-18H,1-2H3,(H,19,20). The summed E-state index contributed by atoms with van der Waals surface area (Å²) in [5, 5.41) is 22.5. The lowest BCUT2D eigenvalue weighted by Crippen LogP contribution is -2.28. The SMILES string of the molecule is CC1=CC=CC2=Cc3c(C)c(O)cc(C(=O)O)c3NC12. The van der Waals surface area contributed by atoms with E-state index in [4.69, 9.17) is 0 Å². The fourth-order valence-corrected chi connectivity index (χ4v) is 2.70. The molecule has 0 bridgehead atoms. The highest BCUT2D eigenvalue weighted by atomic mass is 16.4. The lowest BCUT2D eigenvalue weighted by Gasteiger charge is -2.31. The molecule has 1 atom stereocenters. The molecule has 102 valence electrons. The van der Waals surface area contributed by atoms with Crippen LogP contribution in [0.2, 0.25) is 0 Å². The number of hydrogen-bond acceptors (Lipinski definition) is 3. The van der Waals surface area contributed by atoms with Gasteiger partial charge in [0.1, 0.15) is 5.75 Å². The molecule has 3 rings (SSSR count). The van der Waals surface area contributed by atoms with Gasteiger partial charge in [-0.2, -0.15) is 0 Å². The Morgan fingerprint density at radius 2 is 2.10 bits per heavy atom. The maximum atomic E-state index is 11.4. The molecule has 2 aliphatic rings. The van der Waals surface area contributed by atoms with Crippen molar-refractivity contribution in [1.29, 1.82) is 0 Å². The number of hydrogen-bond donors (Lipinski definition) is 3. The number of carboxylic acid groups (broad SMARTS) is 1. The summed E-state index contributed by atoms with van der Waals surface area (Å²) in [6.07, 6.45) is 7.93. The van der Waals surface area contributed by atoms with Gasteiger partial charge < -0.3 is 15.5 Å². The molecule has 1 aliphatic heterocycles. The second-order valence-corrected chi connectivity index (χ2v) is 5.15. The molecular formula is C16H15NO3. The first kappa shape index (κ1) is 12.5. The van der Waals surface area contributed by atoms with E-state index in [1.54, 1.807) is 6.92 Å². The molecule has 20 heavy (non-hydrogen) atoms. The lowest BCUT2D eigenvalue weighted by molar-refractivity contribution is 0.0697. The second kappa shape index (κ2) is 4.27. The number of anilines is 1. The Morgan fingerprint density at radius 1 is 1.35 bits per heavy atom. The van der Waals surface area contributed by atoms with Gasteiger partial charge in [-0.05, 0) is 37.1 Å². The van der Waals surface area contributed by atoms with Crippen molar-refractivity contribution in [2.75, 3.05) is 5.32 Å². The number of carbonyl (C=O) groups is 1. The zero-order valence-corrected chi connectivity index (χ0v) is 11.3. The summed E-state index contributed by atoms with van der Waals surface area (Å²) in [7, 11) is 0. The quantitative estimate of drug-likeness (QED) is 0.685. The van der Waals surface area contributed by atoms with Gasteiger partial charge in [0.15, 0.2) is 0 Å². The van der Waals surface area contributed by atoms with Gasteiger partial charge in [0, 0.05) is 11.1 Å². The Bertz CT molecular complexity index is 711. The van der Waals surface area contributed by atoms with E-state index in [0.717, 1.165) is 16.7 Å². The maximum absolute atomic E-state index is 11.4. The van der Waals surface area contributed by atoms with Gasteiger partial charge in [-0.15, -0.1) is 0 Å². The number of aromatic carboxylic acids is 1. The summed E-state index contributed by atoms with van der Waals surface area (Å²) in [5.41, 5.74) is 4.30. The number of phenolic OH excluding ortho intramolecular Hbond substituents is 1. The van der Waals surface area contributed by atoms with Gasteiger partial charge >= 0.3 is 5.97 Å². The molecule has 4 nitrogen and oxygen atoms in total. The van der Waals surface area contributed by atoms with Crippen LogP contribution < -0.4 is 5.32 Å². The summed E-state index contributed by atoms with van der Waals surface area (Å²) >= 11 is 0. The number of benzene rings is 1. The summed E-state index contributed by atoms with van der Waals surface area (Å²) in [5.74, 6) is -1.04. The van der Waals surface area contributed by atoms with Gasteiger partial charge in [-0.1, -0.05) is 18.2 Å². The third kappa shape index (κ3) is 1.72. The summed E-state index contributed by atoms with van der Waals surface area (Å²) in [4.78, 5) is 11.4. The number of carboxylic acids is 1. The molecule has 0 saturated carbocycles. The van der Waals surface area contributed by atoms with Gasteiger partial charge in [0.25, 0.3) is 0 Å². The minimum Gasteiger partial charge on any atom is -0.508 e. The third-order valence-electron chi connectivity index (χ3n) is 3.87. The fraction of sp³-hybridized carbons (Fsp3) is 0.188. The van der Waals surface area contributed by atoms with Crippen LogP contribution in [0.15, 0.2) is 35.4 Å². The van der Waals surface area contributed by atoms with Crippen LogP contribution >= 0.6 is 0 Å². The molecule has 1 aromatic rings. The molecule has 0 fully saturated rings. The number of phenols is 1. The molecule has 1 heterocycles. The number of rotatable bonds is 1. The predicted octanol–water partition coefficient (Wildman–Crippen LogP) is 3.09. The molecule has 4 heteroatoms. The van der Waals surface area contributed by atoms with Crippen molar-refractivity contribution in [1.82, 2.24) is 0 Å². The van der Waals surface area contributed by atoms with Gasteiger partial charge in [-0.3, -0.25) is 0 Å². The monoisotopic (exact) mass is 269 g/mol. The molecule has 1 aromatic carbocycles. The Morgan fingerprint density at radius 3 is 2.80 bits per heavy atom. The molecule has 1 aliphatic carbocycles. The van der Waals surface area contributed by atoms with E-state index in [9.17, 15) is 15.0 Å². The Kier molecular flexibility index (Phi) is 2.67. The molecule has 0 aromatic heterocycles. The van der Waals surface area contributed by atoms with Crippen molar-refractivity contribution in [2.24, 2.45) is 0 Å². The average Bonchev–Trinajstić information content (AvgIpc) is 2.42. The lowest BCUT2D eigenvalue weighted by atomic mass is 9.86. The van der Waals surface area contributed by atoms with Crippen molar-refractivity contribution in [3.8, 4) is 5.75 Å². The summed E-state index contributed by atoms with van der Waals surface area (Å²) in [6.45, 7) is 3.79. The first-order valence-electron chi connectivity index (χ1n) is 6.42. The van der Waals surface area contributed by atoms with E-state index in [2.05, 4.69) is 5.32 Å². The Hall–Kier alpha value is -2.49. The molecule has 0 radical (unpaired) electrons. The highest BCUT2D eigenvalue weighted by Crippen LogP contribution is 2.39. The first-order valence-corrected chi connectivity index (χ1v) is 6.42. The van der Waals surface area contributed by atoms with Crippen molar-refractivity contribution in [3.63, 3.8) is 0 Å². The Labute approximate surface area is 116 Å². The minimum absolute atomic E-state index is 0.00491. The number of allylic oxidation sites excluding steroid dienone is 2. The van der Waals surface area contributed by atoms with Crippen LogP contribution in [0.1, 0.15) is 28.4 Å². The average molecular weight is 269 g/mol. The van der Waals surface area contributed by atoms with Crippen molar-refractivity contribution in [3.05, 3.63) is 52.1 Å². The van der Waals surface area contributed by atoms with Gasteiger partial charge in [0.05, 0.1) is 17.3 Å². The summed E-state index contributed by atoms with van der Waals surface area (Å²) in [6, 6.07) is 1.30. The predicted molar refractivity (Wildman–Crippen MR) is 78.1 cm³/mol. The van der Waals surface area contributed by atoms with Gasteiger partial charge in [0.2, 0.25) is 0 Å². The smallest absolute Gasteiger partial charge is 0.337 e. The summed E-state index contributed by atoms with van der Waals surface area (Å²) < 4.78 is 0. The molecule has 1 unspecified atom stereocenters. The molecular weight excluding hydrogens is 254 g/mol. The van der Waals surface area contributed by atoms with Crippen molar-refractivity contribution in [2.45, 2.75) is 19.9 Å². The van der Waals surface area contributed by atoms with Crippen LogP contribution in [0.5, 0.6) is 5.75 Å². The zero-order chi connectivity index (χ0) is 14.4. The third-order valence-corrected chi connectivity index (χ3v) is 3.87. The van der Waals surface area contributed by atoms with E-state index < -0.39 is 5.97 Å². The van der Waals surface area contributed by atoms with E-state index in [0.29, 0.717) is 11.3 Å². The van der Waals surface area contributed by atoms with Gasteiger partial charge in [-0.25, -0.2) is 4.79 Å². The van der Waals surface area contributed by atoms with Crippen molar-refractivity contribution < 1.29 is 15.0 Å². The van der Waals surface area contributed by atoms with E-state index in [1.807, 2.05) is 31.2 Å². The van der Waals surface area contributed by atoms with Crippen LogP contribution in [0.25, 0.3) is 6.08 Å². The molecule has 0 saturated heterocycles. The van der Waals surface area contributed by atoms with Crippen LogP contribution in [-0.4, -0.2) is 22.2 Å². The number of aromatic hydroxyl groups is 1. The second-order valence-electron chi connectivity index (χ2n) is 5.15. The number of fused-ring (bicyclic) bond motifs is 2. The Balaban J connectivity index is 2.26. The molecule has 0 spiro atoms. The normalized spacial score (nSPS) is 19.4. The highest BCUT2D eigenvalue weighted by molar-refractivity contribution is 5.99. The molecule has 0 amide bonds. The van der Waals surface area contributed by atoms with Crippen LogP contribution in [0.3, 0.4) is 0 Å².